The number of ether oxygens (including phenoxy) is 1. The number of hydrogen-bond acceptors (Lipinski definition) is 7. The number of nitriles is 1. The van der Waals surface area contributed by atoms with Gasteiger partial charge in [-0.05, 0) is 11.6 Å². The van der Waals surface area contributed by atoms with Crippen molar-refractivity contribution in [1.29, 1.82) is 5.26 Å². The largest absolute Gasteiger partial charge is 0.469 e. The van der Waals surface area contributed by atoms with E-state index in [9.17, 15) is 24.0 Å². The Labute approximate surface area is 205 Å². The van der Waals surface area contributed by atoms with Crippen LogP contribution in [0.15, 0.2) is 76.6 Å². The van der Waals surface area contributed by atoms with E-state index < -0.39 is 34.8 Å². The molecule has 178 valence electrons. The molecule has 10 heteroatoms. The van der Waals surface area contributed by atoms with E-state index in [0.29, 0.717) is 0 Å². The molecule has 2 aromatic rings. The first kappa shape index (κ1) is 24.0. The van der Waals surface area contributed by atoms with Crippen LogP contribution < -0.4 is 11.1 Å². The summed E-state index contributed by atoms with van der Waals surface area (Å²) in [7, 11) is 1.21. The summed E-state index contributed by atoms with van der Waals surface area (Å²) in [4.78, 5) is 39.7. The van der Waals surface area contributed by atoms with Gasteiger partial charge in [-0.2, -0.15) is 5.26 Å². The molecule has 0 saturated carbocycles. The average Bonchev–Trinajstić information content (AvgIpc) is 3.19. The second-order valence-electron chi connectivity index (χ2n) is 7.81. The van der Waals surface area contributed by atoms with Crippen molar-refractivity contribution in [1.82, 2.24) is 10.2 Å². The van der Waals surface area contributed by atoms with Crippen molar-refractivity contribution in [2.45, 2.75) is 24.1 Å². The van der Waals surface area contributed by atoms with Crippen LogP contribution >= 0.6 is 11.8 Å². The lowest BCUT2D eigenvalue weighted by Crippen LogP contribution is -2.40. The zero-order valence-corrected chi connectivity index (χ0v) is 19.5. The van der Waals surface area contributed by atoms with E-state index >= 15 is 0 Å². The van der Waals surface area contributed by atoms with Gasteiger partial charge in [0.2, 0.25) is 5.91 Å². The molecule has 2 aliphatic rings. The molecule has 4 rings (SSSR count). The fourth-order valence-corrected chi connectivity index (χ4v) is 5.36. The lowest BCUT2D eigenvalue weighted by atomic mass is 9.82. The quantitative estimate of drug-likeness (QED) is 0.594. The third-order valence-electron chi connectivity index (χ3n) is 5.73. The highest BCUT2D eigenvalue weighted by Crippen LogP contribution is 2.50. The number of nitrogens with one attached hydrogen (secondary N) is 1. The number of carbonyl (C=O) groups is 3. The molecule has 0 bridgehead atoms. The second kappa shape index (κ2) is 10.0. The van der Waals surface area contributed by atoms with Crippen LogP contribution in [-0.2, 0) is 25.7 Å². The van der Waals surface area contributed by atoms with Gasteiger partial charge < -0.3 is 15.8 Å². The van der Waals surface area contributed by atoms with Gasteiger partial charge in [0.15, 0.2) is 0 Å². The van der Waals surface area contributed by atoms with Crippen molar-refractivity contribution in [3.05, 3.63) is 93.5 Å². The van der Waals surface area contributed by atoms with Crippen molar-refractivity contribution in [2.75, 3.05) is 7.11 Å². The number of nitrogens with two attached hydrogens (primary N) is 1. The molecule has 2 unspecified atom stereocenters. The molecule has 0 aliphatic carbocycles. The molecule has 2 amide bonds. The van der Waals surface area contributed by atoms with Crippen LogP contribution in [0.5, 0.6) is 0 Å². The summed E-state index contributed by atoms with van der Waals surface area (Å²) < 4.78 is 19.6. The minimum Gasteiger partial charge on any atom is -0.469 e. The van der Waals surface area contributed by atoms with Crippen LogP contribution in [0.2, 0.25) is 0 Å². The molecule has 2 atom stereocenters. The molecule has 0 radical (unpaired) electrons. The van der Waals surface area contributed by atoms with Crippen LogP contribution in [0, 0.1) is 17.1 Å². The Bertz CT molecular complexity index is 1300. The normalized spacial score (nSPS) is 19.3. The van der Waals surface area contributed by atoms with E-state index in [-0.39, 0.29) is 40.5 Å². The Morgan fingerprint density at radius 3 is 2.54 bits per heavy atom. The standard InChI is InChI=1S/C25H21FN4O4S/c1-34-19(31)11-18-24(33)30-22(28)16(12-27)20(15-9-5-6-10-17(15)26)21(25(30)35-18)23(32)29-13-14-7-3-2-4-8-14/h2-10,18,20H,11,13,28H2,1H3,(H,29,32). The lowest BCUT2D eigenvalue weighted by molar-refractivity contribution is -0.142. The molecule has 8 nitrogen and oxygen atoms in total. The number of thioether (sulfide) groups is 1. The van der Waals surface area contributed by atoms with Crippen LogP contribution in [0.3, 0.4) is 0 Å². The smallest absolute Gasteiger partial charge is 0.307 e. The Hall–Kier alpha value is -4.10. The zero-order chi connectivity index (χ0) is 25.1. The zero-order valence-electron chi connectivity index (χ0n) is 18.7. The molecule has 2 heterocycles. The summed E-state index contributed by atoms with van der Waals surface area (Å²) >= 11 is 0.973. The number of allylic oxidation sites excluding steroid dienone is 1. The SMILES string of the molecule is COC(=O)CC1SC2=C(C(=O)NCc3ccccc3)C(c3ccccc3F)C(C#N)=C(N)N2C1=O. The Balaban J connectivity index is 1.83. The topological polar surface area (TPSA) is 126 Å². The van der Waals surface area contributed by atoms with E-state index in [1.54, 1.807) is 6.07 Å². The van der Waals surface area contributed by atoms with Crippen LogP contribution in [0.4, 0.5) is 4.39 Å². The molecular weight excluding hydrogens is 471 g/mol. The average molecular weight is 493 g/mol. The molecule has 2 aliphatic heterocycles. The van der Waals surface area contributed by atoms with E-state index in [1.807, 2.05) is 36.4 Å². The van der Waals surface area contributed by atoms with Crippen molar-refractivity contribution >= 4 is 29.5 Å². The van der Waals surface area contributed by atoms with Crippen molar-refractivity contribution < 1.29 is 23.5 Å². The first-order chi connectivity index (χ1) is 16.9. The number of benzene rings is 2. The van der Waals surface area contributed by atoms with E-state index in [1.165, 1.54) is 25.3 Å². The first-order valence-electron chi connectivity index (χ1n) is 10.6. The molecule has 0 aromatic heterocycles. The molecule has 1 saturated heterocycles. The second-order valence-corrected chi connectivity index (χ2v) is 9.00. The highest BCUT2D eigenvalue weighted by molar-refractivity contribution is 8.04. The van der Waals surface area contributed by atoms with Crippen molar-refractivity contribution in [3.8, 4) is 6.07 Å². The third kappa shape index (κ3) is 4.50. The van der Waals surface area contributed by atoms with Crippen LogP contribution in [-0.4, -0.2) is 35.0 Å². The van der Waals surface area contributed by atoms with Gasteiger partial charge in [-0.1, -0.05) is 60.3 Å². The Morgan fingerprint density at radius 1 is 1.20 bits per heavy atom. The molecular formula is C25H21FN4O4S. The van der Waals surface area contributed by atoms with Gasteiger partial charge >= 0.3 is 5.97 Å². The summed E-state index contributed by atoms with van der Waals surface area (Å²) in [5.41, 5.74) is 7.03. The molecule has 1 fully saturated rings. The third-order valence-corrected chi connectivity index (χ3v) is 7.01. The Kier molecular flexibility index (Phi) is 6.89. The fraction of sp³-hybridized carbons (Fsp3) is 0.200. The van der Waals surface area contributed by atoms with Crippen LogP contribution in [0.25, 0.3) is 0 Å². The molecule has 0 spiro atoms. The summed E-state index contributed by atoms with van der Waals surface area (Å²) in [6.07, 6.45) is -0.252. The maximum absolute atomic E-state index is 14.9. The summed E-state index contributed by atoms with van der Waals surface area (Å²) in [6.45, 7) is 0.172. The van der Waals surface area contributed by atoms with Crippen LogP contribution in [0.1, 0.15) is 23.5 Å². The predicted molar refractivity (Wildman–Crippen MR) is 126 cm³/mol. The minimum absolute atomic E-state index is 0.0162. The Morgan fingerprint density at radius 2 is 1.89 bits per heavy atom. The van der Waals surface area contributed by atoms with Gasteiger partial charge in [0.25, 0.3) is 5.91 Å². The predicted octanol–water partition coefficient (Wildman–Crippen LogP) is 2.65. The maximum atomic E-state index is 14.9. The number of esters is 1. The van der Waals surface area contributed by atoms with Gasteiger partial charge in [-0.25, -0.2) is 4.39 Å². The van der Waals surface area contributed by atoms with Gasteiger partial charge in [-0.3, -0.25) is 19.3 Å². The summed E-state index contributed by atoms with van der Waals surface area (Å²) in [6, 6.07) is 16.9. The van der Waals surface area contributed by atoms with Gasteiger partial charge in [0.05, 0.1) is 41.7 Å². The van der Waals surface area contributed by atoms with E-state index in [0.717, 1.165) is 22.2 Å². The number of hydrogen-bond donors (Lipinski definition) is 2. The molecule has 2 aromatic carbocycles. The van der Waals surface area contributed by atoms with E-state index in [4.69, 9.17) is 5.73 Å². The fourth-order valence-electron chi connectivity index (χ4n) is 4.04. The van der Waals surface area contributed by atoms with Crippen molar-refractivity contribution in [3.63, 3.8) is 0 Å². The number of amides is 2. The summed E-state index contributed by atoms with van der Waals surface area (Å²) in [5.74, 6) is -3.70. The van der Waals surface area contributed by atoms with Gasteiger partial charge in [0, 0.05) is 12.1 Å². The van der Waals surface area contributed by atoms with Crippen molar-refractivity contribution in [2.24, 2.45) is 5.73 Å². The molecule has 3 N–H and O–H groups in total. The minimum atomic E-state index is -1.14. The first-order valence-corrected chi connectivity index (χ1v) is 11.5. The number of nitrogens with zero attached hydrogens (tertiary/aromatic N) is 2. The van der Waals surface area contributed by atoms with E-state index in [2.05, 4.69) is 10.1 Å². The number of fused-ring (bicyclic) bond motifs is 1. The highest BCUT2D eigenvalue weighted by Gasteiger charge is 2.49. The maximum Gasteiger partial charge on any atom is 0.307 e. The lowest BCUT2D eigenvalue weighted by Gasteiger charge is -2.32. The monoisotopic (exact) mass is 492 g/mol. The van der Waals surface area contributed by atoms with Gasteiger partial charge in [-0.15, -0.1) is 0 Å². The molecule has 35 heavy (non-hydrogen) atoms. The summed E-state index contributed by atoms with van der Waals surface area (Å²) in [5, 5.41) is 12.0. The number of carbonyl (C=O) groups excluding carboxylic acids is 3. The number of halogens is 1. The van der Waals surface area contributed by atoms with Gasteiger partial charge in [0.1, 0.15) is 16.9 Å². The number of methoxy groups -OCH3 is 1. The number of rotatable bonds is 6. The highest BCUT2D eigenvalue weighted by atomic mass is 32.2.